The summed E-state index contributed by atoms with van der Waals surface area (Å²) in [4.78, 5) is 20.0. The number of anilines is 2. The van der Waals surface area contributed by atoms with E-state index in [-0.39, 0.29) is 58.4 Å². The van der Waals surface area contributed by atoms with E-state index in [1.807, 2.05) is 12.1 Å². The number of pyridine rings is 2. The van der Waals surface area contributed by atoms with Crippen molar-refractivity contribution in [2.24, 2.45) is 0 Å². The van der Waals surface area contributed by atoms with Crippen LogP contribution in [-0.2, 0) is 0 Å². The van der Waals surface area contributed by atoms with Crippen LogP contribution in [0.4, 0.5) is 11.5 Å². The molecule has 0 spiro atoms. The van der Waals surface area contributed by atoms with Crippen LogP contribution in [-0.4, -0.2) is 44.9 Å². The molecule has 0 saturated heterocycles. The maximum Gasteiger partial charge on any atom is 1.00 e. The van der Waals surface area contributed by atoms with Crippen LogP contribution >= 0.6 is 0 Å². The minimum Gasteiger partial charge on any atom is -1.00 e. The third-order valence-electron chi connectivity index (χ3n) is 4.32. The van der Waals surface area contributed by atoms with Crippen LogP contribution in [0.5, 0.6) is 11.6 Å². The summed E-state index contributed by atoms with van der Waals surface area (Å²) in [6, 6.07) is 12.1. The molecular weight excluding hydrogens is 413 g/mol. The maximum absolute atomic E-state index is 11.3. The molecule has 4 aromatic rings. The monoisotopic (exact) mass is 431 g/mol. The number of ether oxygens (including phenoxy) is 2. The third kappa shape index (κ3) is 4.47. The molecule has 0 aliphatic rings. The number of rotatable bonds is 6. The van der Waals surface area contributed by atoms with Crippen molar-refractivity contribution < 1.29 is 72.2 Å². The van der Waals surface area contributed by atoms with E-state index in [4.69, 9.17) is 9.47 Å². The Morgan fingerprint density at radius 1 is 1.13 bits per heavy atom. The van der Waals surface area contributed by atoms with Crippen LogP contribution < -0.4 is 66.2 Å². The third-order valence-corrected chi connectivity index (χ3v) is 4.32. The Morgan fingerprint density at radius 3 is 2.70 bits per heavy atom. The molecule has 0 radical (unpaired) electrons. The van der Waals surface area contributed by atoms with Gasteiger partial charge in [-0.05, 0) is 35.9 Å². The van der Waals surface area contributed by atoms with Gasteiger partial charge in [-0.2, -0.15) is 10.1 Å². The molecule has 3 heterocycles. The quantitative estimate of drug-likeness (QED) is 0.421. The molecule has 2 N–H and O–H groups in total. The number of aromatic nitrogens is 4. The zero-order valence-corrected chi connectivity index (χ0v) is 19.8. The number of hydrogen-bond acceptors (Lipinski definition) is 7. The van der Waals surface area contributed by atoms with Crippen molar-refractivity contribution in [3.05, 3.63) is 60.6 Å². The number of carboxylic acid groups (broad SMARTS) is 1. The van der Waals surface area contributed by atoms with Gasteiger partial charge in [-0.1, -0.05) is 12.1 Å². The van der Waals surface area contributed by atoms with E-state index in [2.05, 4.69) is 20.4 Å². The second-order valence-corrected chi connectivity index (χ2v) is 6.09. The number of fused-ring (bicyclic) bond motifs is 1. The molecule has 0 saturated carbocycles. The maximum atomic E-state index is 11.3. The van der Waals surface area contributed by atoms with Gasteiger partial charge in [0.1, 0.15) is 12.1 Å². The number of methoxy groups -OCH3 is 2. The first-order chi connectivity index (χ1) is 14.1. The van der Waals surface area contributed by atoms with Gasteiger partial charge in [-0.3, -0.25) is 0 Å². The molecule has 30 heavy (non-hydrogen) atoms. The summed E-state index contributed by atoms with van der Waals surface area (Å²) in [5.74, 6) is 0.413. The van der Waals surface area contributed by atoms with E-state index >= 15 is 0 Å². The van der Waals surface area contributed by atoms with Gasteiger partial charge in [0.25, 0.3) is 5.88 Å². The minimum atomic E-state index is -0.985. The average molecular weight is 431 g/mol. The van der Waals surface area contributed by atoms with Gasteiger partial charge in [0.05, 0.1) is 25.5 Å². The topological polar surface area (TPSA) is 111 Å². The van der Waals surface area contributed by atoms with E-state index in [1.54, 1.807) is 48.2 Å². The number of carboxylic acids is 1. The summed E-state index contributed by atoms with van der Waals surface area (Å²) < 4.78 is 12.1. The zero-order valence-electron chi connectivity index (χ0n) is 17.7. The Balaban J connectivity index is 0.00000171. The molecular formula is C20H18KN5O4. The largest absolute Gasteiger partial charge is 1.00 e. The molecule has 0 amide bonds. The Kier molecular flexibility index (Phi) is 7.05. The standard InChI is InChI=1S/C20H17N5O4.K.H/c1-28-16-6-7-17(24-19(16)29-2)23-15-9-14(10-25-18(15)21-11-22-25)12-4-3-5-13(8-12)20(26)27;;/h3-11H,1-2H3,(H,23,24)(H,26,27);;/q;+1;-1. The first kappa shape index (κ1) is 22.2. The fraction of sp³-hybridized carbons (Fsp3) is 0.100. The van der Waals surface area contributed by atoms with Gasteiger partial charge in [-0.15, -0.1) is 0 Å². The summed E-state index contributed by atoms with van der Waals surface area (Å²) in [5.41, 5.74) is 2.97. The number of nitrogens with zero attached hydrogens (tertiary/aromatic N) is 4. The summed E-state index contributed by atoms with van der Waals surface area (Å²) >= 11 is 0. The summed E-state index contributed by atoms with van der Waals surface area (Å²) in [7, 11) is 3.06. The van der Waals surface area contributed by atoms with Gasteiger partial charge >= 0.3 is 57.4 Å². The van der Waals surface area contributed by atoms with Crippen LogP contribution in [0.25, 0.3) is 16.8 Å². The predicted molar refractivity (Wildman–Crippen MR) is 107 cm³/mol. The normalized spacial score (nSPS) is 10.3. The summed E-state index contributed by atoms with van der Waals surface area (Å²) in [5, 5.41) is 16.7. The summed E-state index contributed by atoms with van der Waals surface area (Å²) in [6.07, 6.45) is 3.23. The molecule has 0 atom stereocenters. The molecule has 0 aliphatic heterocycles. The molecule has 1 aromatic carbocycles. The molecule has 0 bridgehead atoms. The molecule has 3 aromatic heterocycles. The Morgan fingerprint density at radius 2 is 1.97 bits per heavy atom. The van der Waals surface area contributed by atoms with Gasteiger partial charge in [-0.25, -0.2) is 14.3 Å². The van der Waals surface area contributed by atoms with Crippen LogP contribution in [0.15, 0.2) is 55.0 Å². The van der Waals surface area contributed by atoms with Crippen molar-refractivity contribution in [1.29, 1.82) is 0 Å². The van der Waals surface area contributed by atoms with Crippen molar-refractivity contribution in [2.45, 2.75) is 0 Å². The molecule has 0 fully saturated rings. The smallest absolute Gasteiger partial charge is 1.00 e. The van der Waals surface area contributed by atoms with Gasteiger partial charge in [0, 0.05) is 11.8 Å². The van der Waals surface area contributed by atoms with Crippen molar-refractivity contribution in [2.75, 3.05) is 19.5 Å². The van der Waals surface area contributed by atoms with Crippen LogP contribution in [0.1, 0.15) is 11.8 Å². The fourth-order valence-corrected chi connectivity index (χ4v) is 2.94. The second-order valence-electron chi connectivity index (χ2n) is 6.09. The van der Waals surface area contributed by atoms with E-state index in [1.165, 1.54) is 13.4 Å². The Bertz CT molecular complexity index is 1220. The Hall–Kier alpha value is -2.50. The van der Waals surface area contributed by atoms with Gasteiger partial charge in [0.2, 0.25) is 0 Å². The molecule has 4 rings (SSSR count). The Labute approximate surface area is 216 Å². The number of aromatic carboxylic acids is 1. The average Bonchev–Trinajstić information content (AvgIpc) is 3.22. The SMILES string of the molecule is COc1ccc(Nc2cc(-c3cccc(C(=O)O)c3)cn3ncnc23)nc1OC.[H-].[K+]. The number of benzene rings is 1. The van der Waals surface area contributed by atoms with E-state index in [0.29, 0.717) is 28.8 Å². The first-order valence-electron chi connectivity index (χ1n) is 8.62. The van der Waals surface area contributed by atoms with Gasteiger partial charge in [0.15, 0.2) is 11.4 Å². The molecule has 0 unspecified atom stereocenters. The van der Waals surface area contributed by atoms with E-state index in [9.17, 15) is 9.90 Å². The summed E-state index contributed by atoms with van der Waals surface area (Å²) in [6.45, 7) is 0. The van der Waals surface area contributed by atoms with Gasteiger partial charge < -0.3 is 21.3 Å². The van der Waals surface area contributed by atoms with E-state index < -0.39 is 5.97 Å². The fourth-order valence-electron chi connectivity index (χ4n) is 2.94. The zero-order chi connectivity index (χ0) is 20.4. The van der Waals surface area contributed by atoms with Crippen LogP contribution in [0, 0.1) is 0 Å². The number of hydrogen-bond donors (Lipinski definition) is 2. The van der Waals surface area contributed by atoms with Crippen LogP contribution in [0.3, 0.4) is 0 Å². The second kappa shape index (κ2) is 9.54. The molecule has 9 nitrogen and oxygen atoms in total. The molecule has 148 valence electrons. The van der Waals surface area contributed by atoms with E-state index in [0.717, 1.165) is 11.1 Å². The molecule has 0 aliphatic carbocycles. The molecule has 10 heteroatoms. The van der Waals surface area contributed by atoms with Crippen molar-refractivity contribution in [3.8, 4) is 22.8 Å². The predicted octanol–water partition coefficient (Wildman–Crippen LogP) is 0.367. The number of nitrogens with one attached hydrogen (secondary N) is 1. The minimum absolute atomic E-state index is 0. The van der Waals surface area contributed by atoms with Crippen molar-refractivity contribution in [3.63, 3.8) is 0 Å². The number of carbonyl (C=O) groups is 1. The van der Waals surface area contributed by atoms with Crippen molar-refractivity contribution >= 4 is 23.1 Å². The van der Waals surface area contributed by atoms with Crippen LogP contribution in [0.2, 0.25) is 0 Å². The first-order valence-corrected chi connectivity index (χ1v) is 8.62. The van der Waals surface area contributed by atoms with Crippen molar-refractivity contribution in [1.82, 2.24) is 19.6 Å².